The second-order valence-corrected chi connectivity index (χ2v) is 4.35. The molecule has 0 aliphatic carbocycles. The molecule has 0 aromatic heterocycles. The molecule has 6 heteroatoms. The van der Waals surface area contributed by atoms with E-state index < -0.39 is 29.2 Å². The molecule has 0 fully saturated rings. The number of rotatable bonds is 4. The van der Waals surface area contributed by atoms with Crippen LogP contribution in [0.2, 0.25) is 0 Å². The van der Waals surface area contributed by atoms with Gasteiger partial charge in [-0.25, -0.2) is 17.6 Å². The number of hydrogen-bond acceptors (Lipinski definition) is 1. The maximum atomic E-state index is 13.3. The Balaban J connectivity index is 1.98. The third-order valence-corrected chi connectivity index (χ3v) is 2.88. The molecule has 0 aliphatic rings. The van der Waals surface area contributed by atoms with Crippen molar-refractivity contribution < 1.29 is 22.4 Å². The first kappa shape index (κ1) is 15.0. The molecular formula is C15H11F4NO. The lowest BCUT2D eigenvalue weighted by Gasteiger charge is -2.07. The zero-order valence-electron chi connectivity index (χ0n) is 10.8. The molecule has 0 bridgehead atoms. The molecule has 0 saturated heterocycles. The van der Waals surface area contributed by atoms with Crippen molar-refractivity contribution in [3.05, 3.63) is 70.8 Å². The molecule has 2 nitrogen and oxygen atoms in total. The first-order valence-electron chi connectivity index (χ1n) is 6.15. The van der Waals surface area contributed by atoms with Crippen LogP contribution >= 0.6 is 0 Å². The summed E-state index contributed by atoms with van der Waals surface area (Å²) in [5.41, 5.74) is 0.0780. The van der Waals surface area contributed by atoms with Crippen LogP contribution in [-0.2, 0) is 6.42 Å². The van der Waals surface area contributed by atoms with Gasteiger partial charge >= 0.3 is 0 Å². The van der Waals surface area contributed by atoms with E-state index in [9.17, 15) is 22.4 Å². The first-order chi connectivity index (χ1) is 9.99. The summed E-state index contributed by atoms with van der Waals surface area (Å²) in [5, 5.41) is 2.39. The average Bonchev–Trinajstić information content (AvgIpc) is 2.46. The van der Waals surface area contributed by atoms with E-state index in [4.69, 9.17) is 0 Å². The van der Waals surface area contributed by atoms with Crippen LogP contribution in [0.25, 0.3) is 0 Å². The van der Waals surface area contributed by atoms with Crippen LogP contribution in [0.1, 0.15) is 15.9 Å². The molecule has 2 rings (SSSR count). The Hall–Kier alpha value is -2.37. The summed E-state index contributed by atoms with van der Waals surface area (Å²) in [7, 11) is 0. The van der Waals surface area contributed by atoms with Crippen molar-refractivity contribution in [2.24, 2.45) is 0 Å². The Labute approximate surface area is 118 Å². The molecule has 0 radical (unpaired) electrons. The molecular weight excluding hydrogens is 286 g/mol. The van der Waals surface area contributed by atoms with E-state index in [-0.39, 0.29) is 18.5 Å². The van der Waals surface area contributed by atoms with E-state index in [1.807, 2.05) is 0 Å². The molecule has 110 valence electrons. The molecule has 0 atom stereocenters. The lowest BCUT2D eigenvalue weighted by molar-refractivity contribution is 0.0953. The molecule has 2 aromatic carbocycles. The van der Waals surface area contributed by atoms with E-state index in [0.29, 0.717) is 17.7 Å². The van der Waals surface area contributed by atoms with Crippen LogP contribution in [-0.4, -0.2) is 12.5 Å². The summed E-state index contributed by atoms with van der Waals surface area (Å²) < 4.78 is 52.1. The summed E-state index contributed by atoms with van der Waals surface area (Å²) in [6, 6.07) is 7.28. The van der Waals surface area contributed by atoms with Crippen molar-refractivity contribution in [3.63, 3.8) is 0 Å². The highest BCUT2D eigenvalue weighted by molar-refractivity contribution is 5.94. The number of carbonyl (C=O) groups is 1. The summed E-state index contributed by atoms with van der Waals surface area (Å²) >= 11 is 0. The smallest absolute Gasteiger partial charge is 0.251 e. The standard InChI is InChI=1S/C15H11F4NO/c16-11-4-2-1-3-9(11)5-6-20-15(21)10-7-12(17)14(19)13(18)8-10/h1-4,7-8H,5-6H2,(H,20,21). The summed E-state index contributed by atoms with van der Waals surface area (Å²) in [5.74, 6) is -5.66. The highest BCUT2D eigenvalue weighted by atomic mass is 19.2. The molecule has 0 heterocycles. The summed E-state index contributed by atoms with van der Waals surface area (Å²) in [6.45, 7) is 0.0837. The van der Waals surface area contributed by atoms with Gasteiger partial charge in [0.15, 0.2) is 17.5 Å². The van der Waals surface area contributed by atoms with Gasteiger partial charge in [-0.2, -0.15) is 0 Å². The molecule has 1 N–H and O–H groups in total. The fraction of sp³-hybridized carbons (Fsp3) is 0.133. The summed E-state index contributed by atoms with van der Waals surface area (Å²) in [6.07, 6.45) is 0.227. The molecule has 0 aliphatic heterocycles. The van der Waals surface area contributed by atoms with Crippen LogP contribution < -0.4 is 5.32 Å². The third-order valence-electron chi connectivity index (χ3n) is 2.88. The first-order valence-corrected chi connectivity index (χ1v) is 6.15. The van der Waals surface area contributed by atoms with E-state index in [2.05, 4.69) is 5.32 Å². The zero-order chi connectivity index (χ0) is 15.4. The van der Waals surface area contributed by atoms with Crippen LogP contribution in [0.15, 0.2) is 36.4 Å². The van der Waals surface area contributed by atoms with Crippen LogP contribution in [0.5, 0.6) is 0 Å². The SMILES string of the molecule is O=C(NCCc1ccccc1F)c1cc(F)c(F)c(F)c1. The topological polar surface area (TPSA) is 29.1 Å². The van der Waals surface area contributed by atoms with Gasteiger partial charge in [0.25, 0.3) is 5.91 Å². The normalized spacial score (nSPS) is 10.5. The zero-order valence-corrected chi connectivity index (χ0v) is 10.8. The Morgan fingerprint density at radius 3 is 2.19 bits per heavy atom. The van der Waals surface area contributed by atoms with Crippen molar-refractivity contribution >= 4 is 5.91 Å². The lowest BCUT2D eigenvalue weighted by Crippen LogP contribution is -2.26. The molecule has 21 heavy (non-hydrogen) atoms. The number of benzene rings is 2. The predicted octanol–water partition coefficient (Wildman–Crippen LogP) is 3.22. The van der Waals surface area contributed by atoms with E-state index >= 15 is 0 Å². The van der Waals surface area contributed by atoms with E-state index in [1.54, 1.807) is 18.2 Å². The Kier molecular flexibility index (Phi) is 4.57. The predicted molar refractivity (Wildman–Crippen MR) is 68.8 cm³/mol. The molecule has 2 aromatic rings. The van der Waals surface area contributed by atoms with Crippen LogP contribution in [0.4, 0.5) is 17.6 Å². The van der Waals surface area contributed by atoms with Crippen molar-refractivity contribution in [2.75, 3.05) is 6.54 Å². The monoisotopic (exact) mass is 297 g/mol. The molecule has 1 amide bonds. The third kappa shape index (κ3) is 3.59. The van der Waals surface area contributed by atoms with Crippen molar-refractivity contribution in [2.45, 2.75) is 6.42 Å². The van der Waals surface area contributed by atoms with Crippen LogP contribution in [0, 0.1) is 23.3 Å². The number of nitrogens with one attached hydrogen (secondary N) is 1. The second kappa shape index (κ2) is 6.39. The van der Waals surface area contributed by atoms with Crippen LogP contribution in [0.3, 0.4) is 0 Å². The van der Waals surface area contributed by atoms with Crippen molar-refractivity contribution in [3.8, 4) is 0 Å². The van der Waals surface area contributed by atoms with Crippen molar-refractivity contribution in [1.29, 1.82) is 0 Å². The fourth-order valence-electron chi connectivity index (χ4n) is 1.80. The highest BCUT2D eigenvalue weighted by Crippen LogP contribution is 2.13. The van der Waals surface area contributed by atoms with Gasteiger partial charge in [0, 0.05) is 12.1 Å². The quantitative estimate of drug-likeness (QED) is 0.681. The van der Waals surface area contributed by atoms with Gasteiger partial charge in [-0.1, -0.05) is 18.2 Å². The Bertz CT molecular complexity index is 649. The minimum Gasteiger partial charge on any atom is -0.352 e. The van der Waals surface area contributed by atoms with Gasteiger partial charge < -0.3 is 5.32 Å². The van der Waals surface area contributed by atoms with Gasteiger partial charge in [-0.3, -0.25) is 4.79 Å². The average molecular weight is 297 g/mol. The Morgan fingerprint density at radius 1 is 0.952 bits per heavy atom. The summed E-state index contributed by atoms with van der Waals surface area (Å²) in [4.78, 5) is 11.7. The van der Waals surface area contributed by atoms with Gasteiger partial charge in [-0.15, -0.1) is 0 Å². The minimum atomic E-state index is -1.63. The molecule has 0 spiro atoms. The largest absolute Gasteiger partial charge is 0.352 e. The fourth-order valence-corrected chi connectivity index (χ4v) is 1.80. The van der Waals surface area contributed by atoms with E-state index in [1.165, 1.54) is 6.07 Å². The van der Waals surface area contributed by atoms with Gasteiger partial charge in [0.2, 0.25) is 0 Å². The Morgan fingerprint density at radius 2 is 1.57 bits per heavy atom. The number of carbonyl (C=O) groups excluding carboxylic acids is 1. The second-order valence-electron chi connectivity index (χ2n) is 4.35. The maximum absolute atomic E-state index is 13.3. The van der Waals surface area contributed by atoms with Crippen molar-refractivity contribution in [1.82, 2.24) is 5.32 Å². The molecule has 0 saturated carbocycles. The maximum Gasteiger partial charge on any atom is 0.251 e. The highest BCUT2D eigenvalue weighted by Gasteiger charge is 2.14. The van der Waals surface area contributed by atoms with Gasteiger partial charge in [-0.05, 0) is 30.2 Å². The number of amides is 1. The lowest BCUT2D eigenvalue weighted by atomic mass is 10.1. The van der Waals surface area contributed by atoms with Gasteiger partial charge in [0.05, 0.1) is 0 Å². The minimum absolute atomic E-state index is 0.0837. The number of halogens is 4. The van der Waals surface area contributed by atoms with Gasteiger partial charge in [0.1, 0.15) is 5.82 Å². The number of hydrogen-bond donors (Lipinski definition) is 1. The molecule has 0 unspecified atom stereocenters. The van der Waals surface area contributed by atoms with E-state index in [0.717, 1.165) is 0 Å².